The summed E-state index contributed by atoms with van der Waals surface area (Å²) < 4.78 is 0.346. The van der Waals surface area contributed by atoms with Gasteiger partial charge in [-0.05, 0) is 53.4 Å². The molecule has 22 heavy (non-hydrogen) atoms. The van der Waals surface area contributed by atoms with Crippen LogP contribution in [0.2, 0.25) is 0 Å². The molecule has 1 aromatic heterocycles. The van der Waals surface area contributed by atoms with Gasteiger partial charge in [-0.25, -0.2) is 4.98 Å². The molecule has 0 bridgehead atoms. The maximum Gasteiger partial charge on any atom is 0.219 e. The highest BCUT2D eigenvalue weighted by molar-refractivity contribution is 9.12. The highest BCUT2D eigenvalue weighted by Gasteiger charge is 2.31. The molecule has 1 aromatic carbocycles. The van der Waals surface area contributed by atoms with Gasteiger partial charge < -0.3 is 0 Å². The molecule has 0 unspecified atom stereocenters. The number of halogens is 1. The predicted molar refractivity (Wildman–Crippen MR) is 88.4 cm³/mol. The molecule has 4 heteroatoms. The van der Waals surface area contributed by atoms with Crippen LogP contribution in [-0.4, -0.2) is 16.6 Å². The summed E-state index contributed by atoms with van der Waals surface area (Å²) in [7, 11) is 0. The van der Waals surface area contributed by atoms with E-state index in [9.17, 15) is 9.59 Å². The van der Waals surface area contributed by atoms with E-state index in [-0.39, 0.29) is 17.3 Å². The summed E-state index contributed by atoms with van der Waals surface area (Å²) >= 11 is 3.30. The Morgan fingerprint density at radius 3 is 2.41 bits per heavy atom. The van der Waals surface area contributed by atoms with Crippen molar-refractivity contribution < 1.29 is 9.59 Å². The molecule has 0 atom stereocenters. The van der Waals surface area contributed by atoms with Crippen LogP contribution in [0.5, 0.6) is 0 Å². The van der Waals surface area contributed by atoms with Crippen LogP contribution in [-0.2, 0) is 6.42 Å². The maximum absolute atomic E-state index is 12.6. The van der Waals surface area contributed by atoms with Gasteiger partial charge in [0.25, 0.3) is 0 Å². The van der Waals surface area contributed by atoms with Crippen molar-refractivity contribution in [3.05, 3.63) is 75.0 Å². The lowest BCUT2D eigenvalue weighted by atomic mass is 9.89. The monoisotopic (exact) mass is 355 g/mol. The molecule has 0 radical (unpaired) electrons. The van der Waals surface area contributed by atoms with E-state index in [1.54, 1.807) is 19.1 Å². The average molecular weight is 356 g/mol. The number of carbonyl (C=O) groups excluding carboxylic acids is 2. The number of allylic oxidation sites excluding steroid dienone is 2. The topological polar surface area (TPSA) is 47.0 Å². The van der Waals surface area contributed by atoms with Crippen molar-refractivity contribution in [1.29, 1.82) is 0 Å². The molecule has 2 aromatic rings. The number of Topliss-reactive ketones (excluding diaryl/α,β-unsaturated/α-hetero) is 2. The number of aromatic nitrogens is 1. The van der Waals surface area contributed by atoms with Gasteiger partial charge in [-0.15, -0.1) is 0 Å². The summed E-state index contributed by atoms with van der Waals surface area (Å²) in [4.78, 5) is 29.3. The zero-order valence-corrected chi connectivity index (χ0v) is 13.7. The summed E-state index contributed by atoms with van der Waals surface area (Å²) in [5.74, 6) is -0.314. The Balaban J connectivity index is 1.92. The smallest absolute Gasteiger partial charge is 0.219 e. The molecule has 0 saturated heterocycles. The molecule has 3 rings (SSSR count). The molecule has 0 spiro atoms. The van der Waals surface area contributed by atoms with Crippen molar-refractivity contribution in [2.75, 3.05) is 0 Å². The first-order valence-corrected chi connectivity index (χ1v) is 7.87. The summed E-state index contributed by atoms with van der Waals surface area (Å²) in [5, 5.41) is 0. The second kappa shape index (κ2) is 5.97. The Morgan fingerprint density at radius 2 is 1.68 bits per heavy atom. The minimum absolute atomic E-state index is 0.107. The lowest BCUT2D eigenvalue weighted by Crippen LogP contribution is -2.22. The number of fused-ring (bicyclic) bond motifs is 1. The maximum atomic E-state index is 12.6. The minimum atomic E-state index is -0.207. The number of hydrogen-bond donors (Lipinski definition) is 0. The third-order valence-electron chi connectivity index (χ3n) is 3.74. The van der Waals surface area contributed by atoms with E-state index in [1.165, 1.54) is 0 Å². The van der Waals surface area contributed by atoms with Crippen LogP contribution in [0.15, 0.2) is 52.5 Å². The number of pyridine rings is 1. The van der Waals surface area contributed by atoms with Gasteiger partial charge in [-0.2, -0.15) is 0 Å². The number of aryl methyl sites for hydroxylation is 2. The number of ketones is 2. The second-order valence-corrected chi connectivity index (χ2v) is 6.08. The van der Waals surface area contributed by atoms with Gasteiger partial charge in [-0.3, -0.25) is 9.59 Å². The van der Waals surface area contributed by atoms with Crippen LogP contribution in [0.4, 0.5) is 0 Å². The lowest BCUT2D eigenvalue weighted by molar-refractivity contribution is 0.0975. The van der Waals surface area contributed by atoms with E-state index in [0.717, 1.165) is 17.7 Å². The molecular weight excluding hydrogens is 342 g/mol. The van der Waals surface area contributed by atoms with Crippen molar-refractivity contribution in [2.24, 2.45) is 0 Å². The van der Waals surface area contributed by atoms with Crippen LogP contribution >= 0.6 is 15.9 Å². The first-order valence-electron chi connectivity index (χ1n) is 7.07. The molecule has 0 N–H and O–H groups in total. The Hall–Kier alpha value is -2.07. The van der Waals surface area contributed by atoms with E-state index < -0.39 is 0 Å². The van der Waals surface area contributed by atoms with Gasteiger partial charge >= 0.3 is 0 Å². The summed E-state index contributed by atoms with van der Waals surface area (Å²) in [5.41, 5.74) is 3.06. The predicted octanol–water partition coefficient (Wildman–Crippen LogP) is 4.05. The summed E-state index contributed by atoms with van der Waals surface area (Å²) in [6.45, 7) is 1.81. The van der Waals surface area contributed by atoms with Gasteiger partial charge in [-0.1, -0.05) is 30.3 Å². The van der Waals surface area contributed by atoms with Crippen molar-refractivity contribution in [1.82, 2.24) is 4.98 Å². The van der Waals surface area contributed by atoms with Crippen molar-refractivity contribution in [2.45, 2.75) is 19.8 Å². The highest BCUT2D eigenvalue weighted by atomic mass is 79.9. The fraction of sp³-hybridized carbons (Fsp3) is 0.167. The van der Waals surface area contributed by atoms with Crippen LogP contribution < -0.4 is 0 Å². The molecule has 1 aliphatic rings. The Kier molecular flexibility index (Phi) is 4.03. The third-order valence-corrected chi connectivity index (χ3v) is 4.58. The average Bonchev–Trinajstić information content (AvgIpc) is 2.53. The molecule has 110 valence electrons. The Bertz CT molecular complexity index is 794. The molecule has 0 aliphatic heterocycles. The largest absolute Gasteiger partial charge is 0.289 e. The van der Waals surface area contributed by atoms with Gasteiger partial charge in [0, 0.05) is 11.3 Å². The first-order chi connectivity index (χ1) is 10.6. The van der Waals surface area contributed by atoms with Crippen LogP contribution in [0.3, 0.4) is 0 Å². The first kappa shape index (κ1) is 14.9. The van der Waals surface area contributed by atoms with E-state index in [4.69, 9.17) is 0 Å². The fourth-order valence-electron chi connectivity index (χ4n) is 2.55. The number of benzene rings is 1. The van der Waals surface area contributed by atoms with Crippen molar-refractivity contribution in [3.8, 4) is 0 Å². The normalized spacial score (nSPS) is 14.3. The molecule has 0 saturated carbocycles. The number of carbonyl (C=O) groups is 2. The number of nitrogens with zero attached hydrogens (tertiary/aromatic N) is 1. The van der Waals surface area contributed by atoms with E-state index in [0.29, 0.717) is 22.0 Å². The SMILES string of the molecule is Cc1ccc2c(n1)C(=O)C(Br)=C(CCc1ccccc1)C2=O. The molecule has 1 aliphatic carbocycles. The molecule has 1 heterocycles. The van der Waals surface area contributed by atoms with Gasteiger partial charge in [0.1, 0.15) is 5.69 Å². The third kappa shape index (κ3) is 2.66. The Morgan fingerprint density at radius 1 is 0.955 bits per heavy atom. The van der Waals surface area contributed by atoms with Crippen LogP contribution in [0.1, 0.15) is 38.5 Å². The van der Waals surface area contributed by atoms with E-state index >= 15 is 0 Å². The van der Waals surface area contributed by atoms with Gasteiger partial charge in [0.2, 0.25) is 5.78 Å². The van der Waals surface area contributed by atoms with Crippen molar-refractivity contribution in [3.63, 3.8) is 0 Å². The number of rotatable bonds is 3. The molecule has 0 amide bonds. The second-order valence-electron chi connectivity index (χ2n) is 5.29. The van der Waals surface area contributed by atoms with Crippen molar-refractivity contribution >= 4 is 27.5 Å². The quantitative estimate of drug-likeness (QED) is 0.834. The summed E-state index contributed by atoms with van der Waals surface area (Å²) in [6.07, 6.45) is 1.25. The standard InChI is InChI=1S/C18H14BrNO2/c1-11-7-9-14-16(20-11)18(22)15(19)13(17(14)21)10-8-12-5-3-2-4-6-12/h2-7,9H,8,10H2,1H3. The molecular formula is C18H14BrNO2. The van der Waals surface area contributed by atoms with Gasteiger partial charge in [0.15, 0.2) is 5.78 Å². The summed E-state index contributed by atoms with van der Waals surface area (Å²) in [6, 6.07) is 13.4. The fourth-order valence-corrected chi connectivity index (χ4v) is 3.12. The molecule has 0 fully saturated rings. The minimum Gasteiger partial charge on any atom is -0.289 e. The number of hydrogen-bond acceptors (Lipinski definition) is 3. The Labute approximate surface area is 137 Å². The van der Waals surface area contributed by atoms with E-state index in [1.807, 2.05) is 30.3 Å². The van der Waals surface area contributed by atoms with E-state index in [2.05, 4.69) is 20.9 Å². The lowest BCUT2D eigenvalue weighted by Gasteiger charge is -2.17. The molecule has 3 nitrogen and oxygen atoms in total. The zero-order valence-electron chi connectivity index (χ0n) is 12.1. The van der Waals surface area contributed by atoms with Gasteiger partial charge in [0.05, 0.1) is 10.0 Å². The van der Waals surface area contributed by atoms with Crippen LogP contribution in [0, 0.1) is 6.92 Å². The van der Waals surface area contributed by atoms with Crippen LogP contribution in [0.25, 0.3) is 0 Å². The zero-order chi connectivity index (χ0) is 15.7. The highest BCUT2D eigenvalue weighted by Crippen LogP contribution is 2.31.